The van der Waals surface area contributed by atoms with Crippen LogP contribution < -0.4 is 10.6 Å². The number of carbonyl (C=O) groups is 2. The fraction of sp³-hybridized carbons (Fsp3) is 0.500. The molecule has 5 heteroatoms. The van der Waals surface area contributed by atoms with Crippen molar-refractivity contribution in [2.75, 3.05) is 6.54 Å². The van der Waals surface area contributed by atoms with Crippen LogP contribution in [0.15, 0.2) is 42.6 Å². The highest BCUT2D eigenvalue weighted by atomic mass is 16.2. The second-order valence-corrected chi connectivity index (χ2v) is 8.90. The summed E-state index contributed by atoms with van der Waals surface area (Å²) in [6.07, 6.45) is 12.4. The molecule has 2 N–H and O–H groups in total. The molecule has 1 saturated carbocycles. The van der Waals surface area contributed by atoms with E-state index in [-0.39, 0.29) is 17.7 Å². The summed E-state index contributed by atoms with van der Waals surface area (Å²) >= 11 is 0. The Morgan fingerprint density at radius 1 is 0.968 bits per heavy atom. The number of aromatic nitrogens is 1. The number of benzene rings is 1. The van der Waals surface area contributed by atoms with Gasteiger partial charge in [-0.25, -0.2) is 0 Å². The Bertz CT molecular complexity index is 891. The molecule has 2 aliphatic rings. The van der Waals surface area contributed by atoms with E-state index >= 15 is 0 Å². The molecule has 1 fully saturated rings. The van der Waals surface area contributed by atoms with Gasteiger partial charge in [0.1, 0.15) is 6.04 Å². The first-order valence-electron chi connectivity index (χ1n) is 11.8. The van der Waals surface area contributed by atoms with Crippen LogP contribution in [0.5, 0.6) is 0 Å². The summed E-state index contributed by atoms with van der Waals surface area (Å²) in [5.41, 5.74) is 4.27. The molecule has 1 aromatic carbocycles. The summed E-state index contributed by atoms with van der Waals surface area (Å²) in [5.74, 6) is -0.0110. The van der Waals surface area contributed by atoms with E-state index in [9.17, 15) is 9.59 Å². The van der Waals surface area contributed by atoms with Gasteiger partial charge >= 0.3 is 0 Å². The summed E-state index contributed by atoms with van der Waals surface area (Å²) in [4.78, 5) is 30.5. The Morgan fingerprint density at radius 2 is 1.77 bits per heavy atom. The lowest BCUT2D eigenvalue weighted by molar-refractivity contribution is -0.124. The third-order valence-corrected chi connectivity index (χ3v) is 6.71. The Kier molecular flexibility index (Phi) is 7.34. The van der Waals surface area contributed by atoms with Crippen molar-refractivity contribution in [1.29, 1.82) is 0 Å². The average molecular weight is 420 g/mol. The van der Waals surface area contributed by atoms with E-state index in [1.54, 1.807) is 6.20 Å². The minimum Gasteiger partial charge on any atom is -0.354 e. The van der Waals surface area contributed by atoms with Crippen LogP contribution >= 0.6 is 0 Å². The maximum Gasteiger partial charge on any atom is 0.251 e. The number of hydrogen-bond donors (Lipinski definition) is 2. The zero-order chi connectivity index (χ0) is 21.5. The molecule has 1 aromatic heterocycles. The molecule has 1 heterocycles. The molecular formula is C26H33N3O2. The van der Waals surface area contributed by atoms with Gasteiger partial charge in [0.05, 0.1) is 0 Å². The Balaban J connectivity index is 1.41. The molecule has 5 nitrogen and oxygen atoms in total. The summed E-state index contributed by atoms with van der Waals surface area (Å²) in [7, 11) is 0. The smallest absolute Gasteiger partial charge is 0.251 e. The van der Waals surface area contributed by atoms with Crippen LogP contribution in [0.2, 0.25) is 0 Å². The number of fused-ring (bicyclic) bond motifs is 1. The number of carbonyl (C=O) groups excluding carboxylic acids is 2. The molecule has 0 saturated heterocycles. The number of hydrogen-bond acceptors (Lipinski definition) is 3. The van der Waals surface area contributed by atoms with E-state index in [1.807, 2.05) is 30.3 Å². The molecule has 4 rings (SSSR count). The van der Waals surface area contributed by atoms with Gasteiger partial charge < -0.3 is 10.6 Å². The number of aryl methyl sites for hydroxylation is 2. The summed E-state index contributed by atoms with van der Waals surface area (Å²) < 4.78 is 0. The molecule has 0 bridgehead atoms. The zero-order valence-corrected chi connectivity index (χ0v) is 18.2. The zero-order valence-electron chi connectivity index (χ0n) is 18.2. The van der Waals surface area contributed by atoms with Crippen LogP contribution in [0, 0.1) is 5.92 Å². The normalized spacial score (nSPS) is 17.4. The van der Waals surface area contributed by atoms with Gasteiger partial charge in [-0.05, 0) is 79.8 Å². The quantitative estimate of drug-likeness (QED) is 0.713. The third kappa shape index (κ3) is 5.72. The van der Waals surface area contributed by atoms with Crippen molar-refractivity contribution in [3.05, 3.63) is 65.0 Å². The lowest BCUT2D eigenvalue weighted by atomic mass is 9.83. The van der Waals surface area contributed by atoms with Crippen molar-refractivity contribution in [3.8, 4) is 0 Å². The maximum absolute atomic E-state index is 13.1. The molecule has 0 spiro atoms. The third-order valence-electron chi connectivity index (χ3n) is 6.71. The molecule has 0 radical (unpaired) electrons. The van der Waals surface area contributed by atoms with Crippen molar-refractivity contribution < 1.29 is 9.59 Å². The second kappa shape index (κ2) is 10.6. The van der Waals surface area contributed by atoms with Gasteiger partial charge in [-0.1, -0.05) is 31.4 Å². The topological polar surface area (TPSA) is 71.1 Å². The lowest BCUT2D eigenvalue weighted by Gasteiger charge is -2.30. The van der Waals surface area contributed by atoms with E-state index in [4.69, 9.17) is 0 Å². The molecular weight excluding hydrogens is 386 g/mol. The van der Waals surface area contributed by atoms with Gasteiger partial charge in [-0.15, -0.1) is 0 Å². The first kappa shape index (κ1) is 21.5. The fourth-order valence-corrected chi connectivity index (χ4v) is 4.93. The van der Waals surface area contributed by atoms with Gasteiger partial charge in [0.15, 0.2) is 0 Å². The number of nitrogens with zero attached hydrogens (tertiary/aromatic N) is 1. The number of rotatable bonds is 7. The number of amides is 2. The van der Waals surface area contributed by atoms with Gasteiger partial charge in [-0.3, -0.25) is 14.6 Å². The molecule has 31 heavy (non-hydrogen) atoms. The SMILES string of the molecule is O=C(N[C@@H](C(=O)NCCc1ccccn1)C1CCCCC1)c1ccc2c(c1)CCCC2. The monoisotopic (exact) mass is 419 g/mol. The van der Waals surface area contributed by atoms with Crippen LogP contribution in [0.4, 0.5) is 0 Å². The Hall–Kier alpha value is -2.69. The lowest BCUT2D eigenvalue weighted by Crippen LogP contribution is -2.51. The van der Waals surface area contributed by atoms with Crippen LogP contribution in [0.3, 0.4) is 0 Å². The first-order valence-corrected chi connectivity index (χ1v) is 11.8. The highest BCUT2D eigenvalue weighted by Gasteiger charge is 2.31. The summed E-state index contributed by atoms with van der Waals surface area (Å²) in [5, 5.41) is 6.13. The standard InChI is InChI=1S/C26H33N3O2/c30-25(22-14-13-19-8-4-5-11-21(19)18-22)29-24(20-9-2-1-3-10-20)26(31)28-17-15-23-12-6-7-16-27-23/h6-7,12-14,16,18,20,24H,1-5,8-11,15,17H2,(H,28,31)(H,29,30)/t24-/m1/s1. The van der Waals surface area contributed by atoms with Crippen molar-refractivity contribution >= 4 is 11.8 Å². The molecule has 0 aliphatic heterocycles. The largest absolute Gasteiger partial charge is 0.354 e. The molecule has 1 atom stereocenters. The molecule has 2 aliphatic carbocycles. The van der Waals surface area contributed by atoms with Gasteiger partial charge in [-0.2, -0.15) is 0 Å². The second-order valence-electron chi connectivity index (χ2n) is 8.90. The van der Waals surface area contributed by atoms with Crippen molar-refractivity contribution in [2.45, 2.75) is 70.3 Å². The Morgan fingerprint density at radius 3 is 2.55 bits per heavy atom. The summed E-state index contributed by atoms with van der Waals surface area (Å²) in [6, 6.07) is 11.4. The van der Waals surface area contributed by atoms with E-state index in [1.165, 1.54) is 30.4 Å². The fourth-order valence-electron chi connectivity index (χ4n) is 4.93. The van der Waals surface area contributed by atoms with Crippen LogP contribution in [-0.2, 0) is 24.1 Å². The van der Waals surface area contributed by atoms with Crippen molar-refractivity contribution in [3.63, 3.8) is 0 Å². The Labute approximate surface area is 185 Å². The van der Waals surface area contributed by atoms with E-state index in [2.05, 4.69) is 21.7 Å². The van der Waals surface area contributed by atoms with Crippen molar-refractivity contribution in [1.82, 2.24) is 15.6 Å². The average Bonchev–Trinajstić information content (AvgIpc) is 2.83. The highest BCUT2D eigenvalue weighted by molar-refractivity contribution is 5.97. The van der Waals surface area contributed by atoms with Gasteiger partial charge in [0.25, 0.3) is 5.91 Å². The minimum atomic E-state index is -0.479. The molecule has 164 valence electrons. The van der Waals surface area contributed by atoms with Gasteiger partial charge in [0.2, 0.25) is 5.91 Å². The van der Waals surface area contributed by atoms with E-state index < -0.39 is 6.04 Å². The molecule has 2 amide bonds. The number of nitrogens with one attached hydrogen (secondary N) is 2. The number of pyridine rings is 1. The van der Waals surface area contributed by atoms with E-state index in [0.29, 0.717) is 18.5 Å². The highest BCUT2D eigenvalue weighted by Crippen LogP contribution is 2.27. The maximum atomic E-state index is 13.1. The van der Waals surface area contributed by atoms with Crippen LogP contribution in [0.25, 0.3) is 0 Å². The first-order chi connectivity index (χ1) is 15.2. The predicted molar refractivity (Wildman–Crippen MR) is 122 cm³/mol. The minimum absolute atomic E-state index is 0.0749. The van der Waals surface area contributed by atoms with Gasteiger partial charge in [0, 0.05) is 30.4 Å². The van der Waals surface area contributed by atoms with E-state index in [0.717, 1.165) is 44.2 Å². The van der Waals surface area contributed by atoms with Crippen LogP contribution in [0.1, 0.15) is 72.1 Å². The van der Waals surface area contributed by atoms with Crippen molar-refractivity contribution in [2.24, 2.45) is 5.92 Å². The molecule has 0 unspecified atom stereocenters. The molecule has 2 aromatic rings. The summed E-state index contributed by atoms with van der Waals surface area (Å²) in [6.45, 7) is 0.522. The van der Waals surface area contributed by atoms with Crippen LogP contribution in [-0.4, -0.2) is 29.4 Å². The predicted octanol–water partition coefficient (Wildman–Crippen LogP) is 4.00.